The van der Waals surface area contributed by atoms with Crippen molar-refractivity contribution in [2.24, 2.45) is 0 Å². The summed E-state index contributed by atoms with van der Waals surface area (Å²) in [5.41, 5.74) is 2.17. The molecule has 1 fully saturated rings. The van der Waals surface area contributed by atoms with Crippen LogP contribution in [0.5, 0.6) is 0 Å². The zero-order chi connectivity index (χ0) is 18.4. The Hall–Kier alpha value is -2.31. The van der Waals surface area contributed by atoms with Crippen LogP contribution in [-0.2, 0) is 0 Å². The van der Waals surface area contributed by atoms with Crippen LogP contribution in [0.25, 0.3) is 0 Å². The van der Waals surface area contributed by atoms with Gasteiger partial charge in [0.15, 0.2) is 0 Å². The topological polar surface area (TPSA) is 69.6 Å². The zero-order valence-electron chi connectivity index (χ0n) is 15.2. The van der Waals surface area contributed by atoms with E-state index in [1.807, 2.05) is 42.2 Å². The van der Waals surface area contributed by atoms with Crippen molar-refractivity contribution in [2.45, 2.75) is 25.9 Å². The molecule has 0 unspecified atom stereocenters. The summed E-state index contributed by atoms with van der Waals surface area (Å²) in [6.07, 6.45) is 4.35. The quantitative estimate of drug-likeness (QED) is 0.890. The number of aryl methyl sites for hydroxylation is 1. The Bertz CT molecular complexity index is 706. The van der Waals surface area contributed by atoms with Crippen molar-refractivity contribution in [3.05, 3.63) is 59.7 Å². The van der Waals surface area contributed by atoms with Gasteiger partial charge in [0, 0.05) is 32.4 Å². The molecular weight excluding hydrogens is 328 g/mol. The van der Waals surface area contributed by atoms with Crippen molar-refractivity contribution in [1.82, 2.24) is 19.8 Å². The Kier molecular flexibility index (Phi) is 6.30. The number of nitrogens with zero attached hydrogens (tertiary/aromatic N) is 4. The number of aliphatic hydroxyl groups excluding tert-OH is 1. The second-order valence-electron chi connectivity index (χ2n) is 6.75. The molecule has 0 radical (unpaired) electrons. The molecule has 1 amide bonds. The number of rotatable bonds is 5. The van der Waals surface area contributed by atoms with Gasteiger partial charge < -0.3 is 14.9 Å². The molecule has 1 aliphatic rings. The lowest BCUT2D eigenvalue weighted by Gasteiger charge is -2.22. The number of hydrogen-bond acceptors (Lipinski definition) is 5. The highest BCUT2D eigenvalue weighted by atomic mass is 16.3. The predicted octanol–water partition coefficient (Wildman–Crippen LogP) is 2.06. The van der Waals surface area contributed by atoms with Gasteiger partial charge in [0.05, 0.1) is 18.0 Å². The van der Waals surface area contributed by atoms with E-state index in [-0.39, 0.29) is 5.91 Å². The van der Waals surface area contributed by atoms with Crippen LogP contribution in [0.2, 0.25) is 0 Å². The van der Waals surface area contributed by atoms with Crippen molar-refractivity contribution in [3.8, 4) is 0 Å². The van der Waals surface area contributed by atoms with Gasteiger partial charge in [0.2, 0.25) is 0 Å². The predicted molar refractivity (Wildman–Crippen MR) is 99.7 cm³/mol. The van der Waals surface area contributed by atoms with Gasteiger partial charge in [-0.1, -0.05) is 30.3 Å². The van der Waals surface area contributed by atoms with Gasteiger partial charge in [-0.05, 0) is 31.9 Å². The Morgan fingerprint density at radius 1 is 1.12 bits per heavy atom. The Balaban J connectivity index is 1.50. The first kappa shape index (κ1) is 18.5. The number of hydrogen-bond donors (Lipinski definition) is 1. The van der Waals surface area contributed by atoms with E-state index < -0.39 is 6.10 Å². The molecule has 1 aliphatic heterocycles. The van der Waals surface area contributed by atoms with E-state index >= 15 is 0 Å². The maximum Gasteiger partial charge on any atom is 0.274 e. The summed E-state index contributed by atoms with van der Waals surface area (Å²) in [5, 5.41) is 10.3. The minimum Gasteiger partial charge on any atom is -0.388 e. The van der Waals surface area contributed by atoms with E-state index in [0.29, 0.717) is 18.7 Å². The van der Waals surface area contributed by atoms with Gasteiger partial charge in [-0.15, -0.1) is 0 Å². The molecule has 0 saturated carbocycles. The molecule has 0 aliphatic carbocycles. The van der Waals surface area contributed by atoms with Gasteiger partial charge in [-0.25, -0.2) is 4.98 Å². The molecule has 1 atom stereocenters. The molecule has 0 bridgehead atoms. The number of aromatic nitrogens is 2. The van der Waals surface area contributed by atoms with Crippen LogP contribution in [0.3, 0.4) is 0 Å². The largest absolute Gasteiger partial charge is 0.388 e. The Labute approximate surface area is 154 Å². The summed E-state index contributed by atoms with van der Waals surface area (Å²) >= 11 is 0. The Morgan fingerprint density at radius 2 is 1.92 bits per heavy atom. The summed E-state index contributed by atoms with van der Waals surface area (Å²) < 4.78 is 0. The summed E-state index contributed by atoms with van der Waals surface area (Å²) in [6.45, 7) is 5.83. The Morgan fingerprint density at radius 3 is 2.65 bits per heavy atom. The van der Waals surface area contributed by atoms with Crippen LogP contribution < -0.4 is 0 Å². The van der Waals surface area contributed by atoms with Crippen molar-refractivity contribution < 1.29 is 9.90 Å². The standard InChI is InChI=1S/C20H26N4O2/c1-16-14-22-18(15-21-16)20(26)24-10-5-9-23(12-13-24)11-8-19(25)17-6-3-2-4-7-17/h2-4,6-7,14-15,19,25H,5,8-13H2,1H3/t19-/m0/s1. The minimum atomic E-state index is -0.444. The maximum atomic E-state index is 12.6. The molecule has 1 aromatic carbocycles. The first-order valence-electron chi connectivity index (χ1n) is 9.17. The monoisotopic (exact) mass is 354 g/mol. The number of benzene rings is 1. The summed E-state index contributed by atoms with van der Waals surface area (Å²) in [5.74, 6) is -0.0522. The highest BCUT2D eigenvalue weighted by Gasteiger charge is 2.21. The third-order valence-corrected chi connectivity index (χ3v) is 4.78. The van der Waals surface area contributed by atoms with E-state index in [4.69, 9.17) is 0 Å². The third kappa shape index (κ3) is 4.86. The van der Waals surface area contributed by atoms with E-state index in [0.717, 1.165) is 43.9 Å². The van der Waals surface area contributed by atoms with E-state index in [1.54, 1.807) is 12.4 Å². The molecule has 138 valence electrons. The number of carbonyl (C=O) groups excluding carboxylic acids is 1. The van der Waals surface area contributed by atoms with E-state index in [2.05, 4.69) is 14.9 Å². The van der Waals surface area contributed by atoms with Gasteiger partial charge in [-0.3, -0.25) is 9.78 Å². The lowest BCUT2D eigenvalue weighted by atomic mass is 10.1. The third-order valence-electron chi connectivity index (χ3n) is 4.78. The highest BCUT2D eigenvalue weighted by Crippen LogP contribution is 2.17. The smallest absolute Gasteiger partial charge is 0.274 e. The fourth-order valence-corrected chi connectivity index (χ4v) is 3.21. The number of amides is 1. The fraction of sp³-hybridized carbons (Fsp3) is 0.450. The normalized spacial score (nSPS) is 16.9. The van der Waals surface area contributed by atoms with Crippen LogP contribution in [0.1, 0.15) is 40.7 Å². The van der Waals surface area contributed by atoms with Gasteiger partial charge in [0.25, 0.3) is 5.91 Å². The van der Waals surface area contributed by atoms with Crippen molar-refractivity contribution in [2.75, 3.05) is 32.7 Å². The van der Waals surface area contributed by atoms with E-state index in [9.17, 15) is 9.90 Å². The summed E-state index contributed by atoms with van der Waals surface area (Å²) in [4.78, 5) is 25.1. The van der Waals surface area contributed by atoms with Crippen LogP contribution in [0.4, 0.5) is 0 Å². The first-order chi connectivity index (χ1) is 12.6. The van der Waals surface area contributed by atoms with Crippen molar-refractivity contribution in [3.63, 3.8) is 0 Å². The lowest BCUT2D eigenvalue weighted by Crippen LogP contribution is -2.36. The molecule has 2 aromatic rings. The zero-order valence-corrected chi connectivity index (χ0v) is 15.2. The van der Waals surface area contributed by atoms with Gasteiger partial charge in [-0.2, -0.15) is 0 Å². The second-order valence-corrected chi connectivity index (χ2v) is 6.75. The highest BCUT2D eigenvalue weighted by molar-refractivity contribution is 5.92. The lowest BCUT2D eigenvalue weighted by molar-refractivity contribution is 0.0753. The molecular formula is C20H26N4O2. The van der Waals surface area contributed by atoms with Gasteiger partial charge >= 0.3 is 0 Å². The molecule has 6 nitrogen and oxygen atoms in total. The second kappa shape index (κ2) is 8.87. The molecule has 1 N–H and O–H groups in total. The molecule has 6 heteroatoms. The number of carbonyl (C=O) groups is 1. The fourth-order valence-electron chi connectivity index (χ4n) is 3.21. The first-order valence-corrected chi connectivity index (χ1v) is 9.17. The molecule has 0 spiro atoms. The summed E-state index contributed by atoms with van der Waals surface area (Å²) in [6, 6.07) is 9.76. The van der Waals surface area contributed by atoms with Crippen LogP contribution in [0, 0.1) is 6.92 Å². The van der Waals surface area contributed by atoms with Gasteiger partial charge in [0.1, 0.15) is 5.69 Å². The molecule has 1 aromatic heterocycles. The molecule has 1 saturated heterocycles. The van der Waals surface area contributed by atoms with Crippen molar-refractivity contribution >= 4 is 5.91 Å². The molecule has 2 heterocycles. The maximum absolute atomic E-state index is 12.6. The molecule has 3 rings (SSSR count). The minimum absolute atomic E-state index is 0.0522. The number of aliphatic hydroxyl groups is 1. The summed E-state index contributed by atoms with van der Waals surface area (Å²) in [7, 11) is 0. The van der Waals surface area contributed by atoms with Crippen LogP contribution >= 0.6 is 0 Å². The molecule has 26 heavy (non-hydrogen) atoms. The van der Waals surface area contributed by atoms with Crippen LogP contribution in [0.15, 0.2) is 42.7 Å². The van der Waals surface area contributed by atoms with E-state index in [1.165, 1.54) is 0 Å². The average molecular weight is 354 g/mol. The van der Waals surface area contributed by atoms with Crippen molar-refractivity contribution in [1.29, 1.82) is 0 Å². The SMILES string of the molecule is Cc1cnc(C(=O)N2CCCN(CC[C@H](O)c3ccccc3)CC2)cn1. The van der Waals surface area contributed by atoms with Crippen LogP contribution in [-0.4, -0.2) is 63.5 Å². The average Bonchev–Trinajstić information content (AvgIpc) is 2.92.